The molecule has 1 aliphatic rings. The molecule has 1 atom stereocenters. The van der Waals surface area contributed by atoms with Crippen molar-refractivity contribution in [3.8, 4) is 5.75 Å². The van der Waals surface area contributed by atoms with Crippen LogP contribution in [-0.2, 0) is 17.9 Å². The monoisotopic (exact) mass is 353 g/mol. The number of para-hydroxylation sites is 1. The van der Waals surface area contributed by atoms with Crippen LogP contribution in [0.1, 0.15) is 49.6 Å². The van der Waals surface area contributed by atoms with Gasteiger partial charge in [0, 0.05) is 31.3 Å². The minimum atomic E-state index is -0.0350. The molecule has 1 saturated heterocycles. The first kappa shape index (κ1) is 18.4. The minimum Gasteiger partial charge on any atom is -0.494 e. The van der Waals surface area contributed by atoms with Gasteiger partial charge in [-0.2, -0.15) is 0 Å². The Morgan fingerprint density at radius 3 is 3.00 bits per heavy atom. The number of nitrogens with one attached hydrogen (secondary N) is 1. The summed E-state index contributed by atoms with van der Waals surface area (Å²) in [7, 11) is 0. The number of aromatic nitrogens is 1. The van der Waals surface area contributed by atoms with Gasteiger partial charge < -0.3 is 10.1 Å². The Hall–Kier alpha value is -2.40. The average Bonchev–Trinajstić information content (AvgIpc) is 3.10. The summed E-state index contributed by atoms with van der Waals surface area (Å²) in [6, 6.07) is 12.9. The molecule has 26 heavy (non-hydrogen) atoms. The number of hydrogen-bond donors (Lipinski definition) is 1. The molecule has 3 rings (SSSR count). The summed E-state index contributed by atoms with van der Waals surface area (Å²) in [4.78, 5) is 18.0. The first-order chi connectivity index (χ1) is 12.7. The van der Waals surface area contributed by atoms with Crippen molar-refractivity contribution in [1.29, 1.82) is 0 Å². The molecule has 1 fully saturated rings. The predicted octanol–water partition coefficient (Wildman–Crippen LogP) is 3.45. The largest absolute Gasteiger partial charge is 0.494 e. The van der Waals surface area contributed by atoms with Crippen molar-refractivity contribution in [3.05, 3.63) is 59.4 Å². The van der Waals surface area contributed by atoms with E-state index in [0.717, 1.165) is 31.0 Å². The molecule has 0 unspecified atom stereocenters. The lowest BCUT2D eigenvalue weighted by Crippen LogP contribution is -2.24. The molecule has 0 aliphatic carbocycles. The highest BCUT2D eigenvalue weighted by molar-refractivity contribution is 5.72. The van der Waals surface area contributed by atoms with E-state index in [1.807, 2.05) is 25.3 Å². The molecule has 2 aromatic rings. The van der Waals surface area contributed by atoms with Crippen LogP contribution in [0, 0.1) is 0 Å². The van der Waals surface area contributed by atoms with Crippen LogP contribution in [0.4, 0.5) is 0 Å². The molecule has 0 spiro atoms. The van der Waals surface area contributed by atoms with Crippen molar-refractivity contribution >= 4 is 5.91 Å². The Balaban J connectivity index is 1.74. The van der Waals surface area contributed by atoms with Crippen molar-refractivity contribution in [1.82, 2.24) is 15.2 Å². The minimum absolute atomic E-state index is 0.0350. The van der Waals surface area contributed by atoms with Crippen molar-refractivity contribution in [2.45, 2.75) is 45.8 Å². The third-order valence-corrected chi connectivity index (χ3v) is 4.75. The number of carbonyl (C=O) groups is 1. The quantitative estimate of drug-likeness (QED) is 0.828. The summed E-state index contributed by atoms with van der Waals surface area (Å²) in [6.07, 6.45) is 4.17. The summed E-state index contributed by atoms with van der Waals surface area (Å²) in [6.45, 7) is 6.65. The first-order valence-electron chi connectivity index (χ1n) is 9.31. The highest BCUT2D eigenvalue weighted by atomic mass is 16.5. The maximum Gasteiger partial charge on any atom is 0.217 e. The van der Waals surface area contributed by atoms with Gasteiger partial charge in [0.15, 0.2) is 0 Å². The highest BCUT2D eigenvalue weighted by Crippen LogP contribution is 2.34. The van der Waals surface area contributed by atoms with Crippen LogP contribution < -0.4 is 10.1 Å². The number of benzene rings is 1. The number of likely N-dealkylation sites (tertiary alicyclic amines) is 1. The lowest BCUT2D eigenvalue weighted by molar-refractivity contribution is -0.119. The summed E-state index contributed by atoms with van der Waals surface area (Å²) in [5.74, 6) is 0.939. The molecule has 1 aromatic heterocycles. The third kappa shape index (κ3) is 4.61. The van der Waals surface area contributed by atoms with Gasteiger partial charge in [-0.3, -0.25) is 14.7 Å². The van der Waals surface area contributed by atoms with E-state index >= 15 is 0 Å². The van der Waals surface area contributed by atoms with Crippen molar-refractivity contribution in [2.75, 3.05) is 13.2 Å². The Morgan fingerprint density at radius 2 is 2.19 bits per heavy atom. The lowest BCUT2D eigenvalue weighted by atomic mass is 10.0. The maximum absolute atomic E-state index is 11.1. The van der Waals surface area contributed by atoms with E-state index in [2.05, 4.69) is 39.5 Å². The molecule has 1 N–H and O–H groups in total. The van der Waals surface area contributed by atoms with E-state index in [4.69, 9.17) is 4.74 Å². The van der Waals surface area contributed by atoms with E-state index in [1.54, 1.807) is 0 Å². The van der Waals surface area contributed by atoms with E-state index < -0.39 is 0 Å². The van der Waals surface area contributed by atoms with Gasteiger partial charge >= 0.3 is 0 Å². The normalized spacial score (nSPS) is 17.2. The van der Waals surface area contributed by atoms with Gasteiger partial charge in [-0.1, -0.05) is 18.2 Å². The van der Waals surface area contributed by atoms with E-state index in [0.29, 0.717) is 19.2 Å². The zero-order valence-electron chi connectivity index (χ0n) is 15.6. The van der Waals surface area contributed by atoms with Gasteiger partial charge in [0.2, 0.25) is 5.91 Å². The number of nitrogens with zero attached hydrogens (tertiary/aromatic N) is 2. The van der Waals surface area contributed by atoms with Gasteiger partial charge in [-0.25, -0.2) is 0 Å². The maximum atomic E-state index is 11.1. The fourth-order valence-electron chi connectivity index (χ4n) is 3.56. The van der Waals surface area contributed by atoms with Crippen LogP contribution in [0.2, 0.25) is 0 Å². The van der Waals surface area contributed by atoms with Crippen LogP contribution in [0.3, 0.4) is 0 Å². The molecule has 138 valence electrons. The third-order valence-electron chi connectivity index (χ3n) is 4.75. The number of pyridine rings is 1. The SMILES string of the molecule is CCOc1ccccc1CN1CCC[C@H]1c1ccnc(CNC(C)=O)c1. The topological polar surface area (TPSA) is 54.5 Å². The van der Waals surface area contributed by atoms with E-state index in [1.165, 1.54) is 24.5 Å². The Morgan fingerprint density at radius 1 is 1.35 bits per heavy atom. The van der Waals surface area contributed by atoms with Crippen molar-refractivity contribution in [3.63, 3.8) is 0 Å². The molecule has 1 aromatic carbocycles. The van der Waals surface area contributed by atoms with Crippen LogP contribution in [0.25, 0.3) is 0 Å². The summed E-state index contributed by atoms with van der Waals surface area (Å²) >= 11 is 0. The zero-order valence-corrected chi connectivity index (χ0v) is 15.6. The van der Waals surface area contributed by atoms with Crippen molar-refractivity contribution < 1.29 is 9.53 Å². The van der Waals surface area contributed by atoms with Crippen LogP contribution in [0.5, 0.6) is 5.75 Å². The Kier molecular flexibility index (Phi) is 6.23. The van der Waals surface area contributed by atoms with Gasteiger partial charge in [0.05, 0.1) is 18.8 Å². The molecule has 1 amide bonds. The molecule has 0 bridgehead atoms. The highest BCUT2D eigenvalue weighted by Gasteiger charge is 2.27. The number of hydrogen-bond acceptors (Lipinski definition) is 4. The standard InChI is InChI=1S/C21H27N3O2/c1-3-26-21-9-5-4-7-18(21)15-24-12-6-8-20(24)17-10-11-22-19(13-17)14-23-16(2)25/h4-5,7,9-11,13,20H,3,6,8,12,14-15H2,1-2H3,(H,23,25)/t20-/m0/s1. The zero-order chi connectivity index (χ0) is 18.4. The number of rotatable bonds is 7. The molecule has 1 aliphatic heterocycles. The smallest absolute Gasteiger partial charge is 0.217 e. The molecule has 0 saturated carbocycles. The molecular weight excluding hydrogens is 326 g/mol. The van der Waals surface area contributed by atoms with Gasteiger partial charge in [-0.05, 0) is 50.1 Å². The molecular formula is C21H27N3O2. The van der Waals surface area contributed by atoms with Gasteiger partial charge in [0.25, 0.3) is 0 Å². The molecule has 2 heterocycles. The number of carbonyl (C=O) groups excluding carboxylic acids is 1. The number of amides is 1. The van der Waals surface area contributed by atoms with Crippen LogP contribution >= 0.6 is 0 Å². The Bertz CT molecular complexity index is 748. The van der Waals surface area contributed by atoms with Gasteiger partial charge in [0.1, 0.15) is 5.75 Å². The summed E-state index contributed by atoms with van der Waals surface area (Å²) in [5, 5.41) is 2.82. The fourth-order valence-corrected chi connectivity index (χ4v) is 3.56. The van der Waals surface area contributed by atoms with Crippen molar-refractivity contribution in [2.24, 2.45) is 0 Å². The average molecular weight is 353 g/mol. The van der Waals surface area contributed by atoms with E-state index in [9.17, 15) is 4.79 Å². The van der Waals surface area contributed by atoms with E-state index in [-0.39, 0.29) is 5.91 Å². The molecule has 5 nitrogen and oxygen atoms in total. The fraction of sp³-hybridized carbons (Fsp3) is 0.429. The second kappa shape index (κ2) is 8.81. The second-order valence-electron chi connectivity index (χ2n) is 6.66. The second-order valence-corrected chi connectivity index (χ2v) is 6.66. The number of ether oxygens (including phenoxy) is 1. The van der Waals surface area contributed by atoms with Crippen LogP contribution in [-0.4, -0.2) is 28.9 Å². The molecule has 5 heteroatoms. The lowest BCUT2D eigenvalue weighted by Gasteiger charge is -2.26. The summed E-state index contributed by atoms with van der Waals surface area (Å²) < 4.78 is 5.78. The van der Waals surface area contributed by atoms with Crippen LogP contribution in [0.15, 0.2) is 42.6 Å². The summed E-state index contributed by atoms with van der Waals surface area (Å²) in [5.41, 5.74) is 3.40. The Labute approximate surface area is 155 Å². The predicted molar refractivity (Wildman–Crippen MR) is 102 cm³/mol. The first-order valence-corrected chi connectivity index (χ1v) is 9.31. The van der Waals surface area contributed by atoms with Gasteiger partial charge in [-0.15, -0.1) is 0 Å². The molecule has 0 radical (unpaired) electrons.